The second kappa shape index (κ2) is 4.01. The zero-order valence-electron chi connectivity index (χ0n) is 10.6. The first kappa shape index (κ1) is 12.9. The van der Waals surface area contributed by atoms with Gasteiger partial charge in [-0.2, -0.15) is 8.78 Å². The van der Waals surface area contributed by atoms with Gasteiger partial charge in [-0.1, -0.05) is 20.8 Å². The summed E-state index contributed by atoms with van der Waals surface area (Å²) in [5.41, 5.74) is -0.139. The van der Waals surface area contributed by atoms with Crippen LogP contribution in [0.15, 0.2) is 0 Å². The molecular formula is C13H20F2O2. The van der Waals surface area contributed by atoms with Crippen molar-refractivity contribution in [3.8, 4) is 0 Å². The van der Waals surface area contributed by atoms with Crippen molar-refractivity contribution < 1.29 is 18.3 Å². The SMILES string of the molecule is CC(C)(C)C(=O)C1CC2(CC(OC(F)F)C2)C1. The highest BCUT2D eigenvalue weighted by Gasteiger charge is 2.56. The number of carbonyl (C=O) groups is 1. The first-order chi connectivity index (χ1) is 7.72. The third-order valence-corrected chi connectivity index (χ3v) is 4.09. The molecule has 0 aliphatic heterocycles. The third kappa shape index (κ3) is 2.51. The van der Waals surface area contributed by atoms with Crippen LogP contribution in [0, 0.1) is 16.7 Å². The Kier molecular flexibility index (Phi) is 3.05. The van der Waals surface area contributed by atoms with E-state index in [1.165, 1.54) is 0 Å². The van der Waals surface area contributed by atoms with Gasteiger partial charge < -0.3 is 4.74 Å². The van der Waals surface area contributed by atoms with Crippen molar-refractivity contribution in [1.82, 2.24) is 0 Å². The molecular weight excluding hydrogens is 226 g/mol. The molecule has 17 heavy (non-hydrogen) atoms. The molecule has 0 atom stereocenters. The number of alkyl halides is 2. The van der Waals surface area contributed by atoms with E-state index in [-0.39, 0.29) is 22.9 Å². The van der Waals surface area contributed by atoms with Crippen molar-refractivity contribution in [2.24, 2.45) is 16.7 Å². The Labute approximate surface area is 101 Å². The maximum atomic E-state index is 12.0. The van der Waals surface area contributed by atoms with E-state index in [4.69, 9.17) is 0 Å². The van der Waals surface area contributed by atoms with Crippen LogP contribution >= 0.6 is 0 Å². The van der Waals surface area contributed by atoms with E-state index in [1.807, 2.05) is 20.8 Å². The van der Waals surface area contributed by atoms with Crippen molar-refractivity contribution in [2.45, 2.75) is 59.2 Å². The second-order valence-corrected chi connectivity index (χ2v) is 6.65. The molecule has 0 bridgehead atoms. The Morgan fingerprint density at radius 1 is 1.24 bits per heavy atom. The monoisotopic (exact) mass is 246 g/mol. The van der Waals surface area contributed by atoms with Gasteiger partial charge in [0, 0.05) is 11.3 Å². The zero-order valence-corrected chi connectivity index (χ0v) is 10.6. The first-order valence-corrected chi connectivity index (χ1v) is 6.20. The van der Waals surface area contributed by atoms with Crippen LogP contribution in [0.5, 0.6) is 0 Å². The van der Waals surface area contributed by atoms with Crippen molar-refractivity contribution in [1.29, 1.82) is 0 Å². The van der Waals surface area contributed by atoms with Crippen LogP contribution in [0.1, 0.15) is 46.5 Å². The van der Waals surface area contributed by atoms with Gasteiger partial charge in [-0.15, -0.1) is 0 Å². The molecule has 2 aliphatic carbocycles. The summed E-state index contributed by atoms with van der Waals surface area (Å²) in [6.07, 6.45) is 2.84. The minimum Gasteiger partial charge on any atom is -0.320 e. The molecule has 0 N–H and O–H groups in total. The Morgan fingerprint density at radius 2 is 1.76 bits per heavy atom. The molecule has 2 aliphatic rings. The molecule has 0 unspecified atom stereocenters. The fraction of sp³-hybridized carbons (Fsp3) is 0.923. The van der Waals surface area contributed by atoms with Gasteiger partial charge in [-0.25, -0.2) is 0 Å². The number of hydrogen-bond acceptors (Lipinski definition) is 2. The smallest absolute Gasteiger partial charge is 0.320 e. The first-order valence-electron chi connectivity index (χ1n) is 6.20. The second-order valence-electron chi connectivity index (χ2n) is 6.65. The molecule has 0 aromatic carbocycles. The Morgan fingerprint density at radius 3 is 2.18 bits per heavy atom. The van der Waals surface area contributed by atoms with Gasteiger partial charge in [-0.05, 0) is 31.1 Å². The molecule has 0 radical (unpaired) electrons. The summed E-state index contributed by atoms with van der Waals surface area (Å²) in [6, 6.07) is 0. The molecule has 2 fully saturated rings. The molecule has 2 nitrogen and oxygen atoms in total. The molecule has 4 heteroatoms. The molecule has 0 saturated heterocycles. The van der Waals surface area contributed by atoms with Crippen LogP contribution in [0.25, 0.3) is 0 Å². The lowest BCUT2D eigenvalue weighted by atomic mass is 9.49. The van der Waals surface area contributed by atoms with E-state index in [2.05, 4.69) is 4.74 Å². The molecule has 1 spiro atoms. The number of hydrogen-bond donors (Lipinski definition) is 0. The standard InChI is InChI=1S/C13H20F2O2/c1-12(2,3)10(16)8-4-13(5-8)6-9(7-13)17-11(14)15/h8-9,11H,4-7H2,1-3H3. The predicted octanol–water partition coefficient (Wildman–Crippen LogP) is 3.40. The van der Waals surface area contributed by atoms with E-state index in [1.54, 1.807) is 0 Å². The molecule has 0 amide bonds. The topological polar surface area (TPSA) is 26.3 Å². The van der Waals surface area contributed by atoms with Crippen molar-refractivity contribution in [3.63, 3.8) is 0 Å². The summed E-state index contributed by atoms with van der Waals surface area (Å²) in [7, 11) is 0. The van der Waals surface area contributed by atoms with Crippen LogP contribution in [-0.2, 0) is 9.53 Å². The summed E-state index contributed by atoms with van der Waals surface area (Å²) in [5, 5.41) is 0. The van der Waals surface area contributed by atoms with E-state index in [0.29, 0.717) is 18.6 Å². The van der Waals surface area contributed by atoms with Gasteiger partial charge >= 0.3 is 6.61 Å². The van der Waals surface area contributed by atoms with Crippen LogP contribution in [0.4, 0.5) is 8.78 Å². The molecule has 2 saturated carbocycles. The van der Waals surface area contributed by atoms with Crippen LogP contribution in [0.2, 0.25) is 0 Å². The maximum Gasteiger partial charge on any atom is 0.345 e. The lowest BCUT2D eigenvalue weighted by Crippen LogP contribution is -2.54. The third-order valence-electron chi connectivity index (χ3n) is 4.09. The van der Waals surface area contributed by atoms with Gasteiger partial charge in [0.1, 0.15) is 5.78 Å². The fourth-order valence-corrected chi connectivity index (χ4v) is 3.26. The average molecular weight is 246 g/mol. The lowest BCUT2D eigenvalue weighted by Gasteiger charge is -2.57. The Bertz CT molecular complexity index is 306. The number of Topliss-reactive ketones (excluding diaryl/α,β-unsaturated/α-hetero) is 1. The summed E-state index contributed by atoms with van der Waals surface area (Å²) in [4.78, 5) is 12.0. The van der Waals surface area contributed by atoms with E-state index in [0.717, 1.165) is 12.8 Å². The Balaban J connectivity index is 1.76. The molecule has 98 valence electrons. The van der Waals surface area contributed by atoms with Crippen molar-refractivity contribution in [3.05, 3.63) is 0 Å². The fourth-order valence-electron chi connectivity index (χ4n) is 3.26. The van der Waals surface area contributed by atoms with Gasteiger partial charge in [0.15, 0.2) is 0 Å². The minimum atomic E-state index is -2.66. The minimum absolute atomic E-state index is 0.141. The summed E-state index contributed by atoms with van der Waals surface area (Å²) >= 11 is 0. The number of ether oxygens (including phenoxy) is 1. The molecule has 0 aromatic rings. The van der Waals surface area contributed by atoms with Gasteiger partial charge in [0.2, 0.25) is 0 Å². The van der Waals surface area contributed by atoms with Gasteiger partial charge in [0.05, 0.1) is 6.10 Å². The highest BCUT2D eigenvalue weighted by atomic mass is 19.3. The average Bonchev–Trinajstić information content (AvgIpc) is 2.03. The lowest BCUT2D eigenvalue weighted by molar-refractivity contribution is -0.227. The number of rotatable bonds is 3. The largest absolute Gasteiger partial charge is 0.345 e. The number of carbonyl (C=O) groups excluding carboxylic acids is 1. The van der Waals surface area contributed by atoms with E-state index < -0.39 is 6.61 Å². The maximum absolute atomic E-state index is 12.0. The Hall–Kier alpha value is -0.510. The van der Waals surface area contributed by atoms with Crippen LogP contribution in [0.3, 0.4) is 0 Å². The number of halogens is 2. The molecule has 2 rings (SSSR count). The van der Waals surface area contributed by atoms with Gasteiger partial charge in [0.25, 0.3) is 0 Å². The molecule has 0 aromatic heterocycles. The highest BCUT2D eigenvalue weighted by molar-refractivity contribution is 5.86. The summed E-state index contributed by atoms with van der Waals surface area (Å²) in [5.74, 6) is 0.448. The van der Waals surface area contributed by atoms with Crippen molar-refractivity contribution >= 4 is 5.78 Å². The van der Waals surface area contributed by atoms with E-state index >= 15 is 0 Å². The quantitative estimate of drug-likeness (QED) is 0.763. The molecule has 0 heterocycles. The number of ketones is 1. The van der Waals surface area contributed by atoms with Crippen molar-refractivity contribution in [2.75, 3.05) is 0 Å². The van der Waals surface area contributed by atoms with Crippen LogP contribution in [-0.4, -0.2) is 18.5 Å². The summed E-state index contributed by atoms with van der Waals surface area (Å²) < 4.78 is 28.4. The van der Waals surface area contributed by atoms with Gasteiger partial charge in [-0.3, -0.25) is 4.79 Å². The predicted molar refractivity (Wildman–Crippen MR) is 59.7 cm³/mol. The van der Waals surface area contributed by atoms with E-state index in [9.17, 15) is 13.6 Å². The zero-order chi connectivity index (χ0) is 12.8. The van der Waals surface area contributed by atoms with Crippen LogP contribution < -0.4 is 0 Å². The normalized spacial score (nSPS) is 36.8. The highest BCUT2D eigenvalue weighted by Crippen LogP contribution is 2.60. The summed E-state index contributed by atoms with van der Waals surface area (Å²) in [6.45, 7) is 3.14.